The summed E-state index contributed by atoms with van der Waals surface area (Å²) in [6.07, 6.45) is 2.27. The number of benzene rings is 3. The van der Waals surface area contributed by atoms with Gasteiger partial charge in [0.25, 0.3) is 0 Å². The zero-order chi connectivity index (χ0) is 31.0. The van der Waals surface area contributed by atoms with Gasteiger partial charge in [-0.05, 0) is 74.9 Å². The number of aromatic amines is 1. The van der Waals surface area contributed by atoms with Crippen LogP contribution in [0.25, 0.3) is 16.6 Å². The molecule has 45 heavy (non-hydrogen) atoms. The second-order valence-corrected chi connectivity index (χ2v) is 11.9. The normalized spacial score (nSPS) is 21.0. The lowest BCUT2D eigenvalue weighted by Crippen LogP contribution is -2.46. The first-order valence-electron chi connectivity index (χ1n) is 15.7. The zero-order valence-electron chi connectivity index (χ0n) is 25.9. The Labute approximate surface area is 261 Å². The number of hydrogen-bond acceptors (Lipinski definition) is 8. The molecule has 2 saturated heterocycles. The molecule has 2 aromatic heterocycles. The first-order valence-corrected chi connectivity index (χ1v) is 15.7. The highest BCUT2D eigenvalue weighted by atomic mass is 16.7. The molecule has 2 fully saturated rings. The maximum Gasteiger partial charge on any atom is 0.350 e. The highest BCUT2D eigenvalue weighted by Crippen LogP contribution is 2.36. The van der Waals surface area contributed by atoms with Crippen LogP contribution in [0.2, 0.25) is 0 Å². The smallest absolute Gasteiger partial charge is 0.350 e. The number of anilines is 2. The van der Waals surface area contributed by atoms with Gasteiger partial charge in [0.05, 0.1) is 23.9 Å². The van der Waals surface area contributed by atoms with E-state index < -0.39 is 5.79 Å². The maximum atomic E-state index is 12.8. The van der Waals surface area contributed by atoms with Gasteiger partial charge in [-0.25, -0.2) is 14.0 Å². The molecule has 0 bridgehead atoms. The molecule has 1 unspecified atom stereocenters. The van der Waals surface area contributed by atoms with Crippen LogP contribution < -0.4 is 20.2 Å². The van der Waals surface area contributed by atoms with Crippen molar-refractivity contribution in [3.8, 4) is 11.4 Å². The van der Waals surface area contributed by atoms with Gasteiger partial charge in [0.15, 0.2) is 0 Å². The van der Waals surface area contributed by atoms with E-state index in [4.69, 9.17) is 14.2 Å². The number of hydrogen-bond donors (Lipinski definition) is 1. The molecule has 3 aromatic carbocycles. The molecular weight excluding hydrogens is 570 g/mol. The molecule has 0 radical (unpaired) electrons. The van der Waals surface area contributed by atoms with Crippen LogP contribution in [0.4, 0.5) is 11.4 Å². The van der Waals surface area contributed by atoms with E-state index in [-0.39, 0.29) is 17.8 Å². The van der Waals surface area contributed by atoms with Gasteiger partial charge in [0.1, 0.15) is 30.5 Å². The maximum absolute atomic E-state index is 12.8. The van der Waals surface area contributed by atoms with Gasteiger partial charge >= 0.3 is 5.69 Å². The van der Waals surface area contributed by atoms with E-state index in [0.717, 1.165) is 66.3 Å². The Kier molecular flexibility index (Phi) is 7.80. The number of fused-ring (bicyclic) bond motifs is 1. The standard InChI is InChI=1S/C34H39N7O4/c1-4-24(2)41-33(42)40(23-35-41)27-11-9-25(10-12-27)38-17-19-39(20-18-38)26-13-15-28(16-14-26)43-21-29-22-44-34(3,45-29)32-30-7-5-6-8-31(30)36-37-32/h5-16,23-24,29H,4,17-22H2,1-3H3,(H,36,37)/t24?,29-,34-/m1/s1. The molecule has 7 rings (SSSR count). The quantitative estimate of drug-likeness (QED) is 0.253. The van der Waals surface area contributed by atoms with Crippen LogP contribution >= 0.6 is 0 Å². The van der Waals surface area contributed by atoms with Crippen molar-refractivity contribution < 1.29 is 14.2 Å². The van der Waals surface area contributed by atoms with Crippen molar-refractivity contribution in [2.45, 2.75) is 45.1 Å². The molecular formula is C34H39N7O4. The van der Waals surface area contributed by atoms with Gasteiger partial charge in [-0.1, -0.05) is 25.1 Å². The van der Waals surface area contributed by atoms with Crippen LogP contribution in [-0.2, 0) is 15.3 Å². The van der Waals surface area contributed by atoms with Gasteiger partial charge in [-0.2, -0.15) is 10.2 Å². The number of nitrogens with one attached hydrogen (secondary N) is 1. The Morgan fingerprint density at radius 1 is 0.956 bits per heavy atom. The fourth-order valence-corrected chi connectivity index (χ4v) is 6.11. The Balaban J connectivity index is 0.904. The summed E-state index contributed by atoms with van der Waals surface area (Å²) in [4.78, 5) is 17.5. The van der Waals surface area contributed by atoms with Crippen molar-refractivity contribution in [2.24, 2.45) is 0 Å². The molecule has 234 valence electrons. The summed E-state index contributed by atoms with van der Waals surface area (Å²) >= 11 is 0. The van der Waals surface area contributed by atoms with Crippen molar-refractivity contribution in [3.05, 3.63) is 95.3 Å². The average molecular weight is 610 g/mol. The monoisotopic (exact) mass is 609 g/mol. The van der Waals surface area contributed by atoms with Crippen molar-refractivity contribution >= 4 is 22.3 Å². The summed E-state index contributed by atoms with van der Waals surface area (Å²) in [5.74, 6) is -0.118. The molecule has 5 aromatic rings. The first-order chi connectivity index (χ1) is 21.9. The highest BCUT2D eigenvalue weighted by Gasteiger charge is 2.42. The van der Waals surface area contributed by atoms with Gasteiger partial charge in [0.2, 0.25) is 5.79 Å². The second kappa shape index (κ2) is 12.1. The van der Waals surface area contributed by atoms with Gasteiger partial charge in [0, 0.05) is 42.9 Å². The van der Waals surface area contributed by atoms with E-state index >= 15 is 0 Å². The van der Waals surface area contributed by atoms with Crippen LogP contribution in [0.15, 0.2) is 83.9 Å². The first kappa shape index (κ1) is 29.1. The van der Waals surface area contributed by atoms with Gasteiger partial charge in [-0.15, -0.1) is 0 Å². The number of piperazine rings is 1. The lowest BCUT2D eigenvalue weighted by atomic mass is 10.1. The number of nitrogens with zero attached hydrogens (tertiary/aromatic N) is 6. The summed E-state index contributed by atoms with van der Waals surface area (Å²) in [5.41, 5.74) is 4.76. The second-order valence-electron chi connectivity index (χ2n) is 11.9. The van der Waals surface area contributed by atoms with E-state index in [1.54, 1.807) is 15.6 Å². The molecule has 11 heteroatoms. The minimum atomic E-state index is -0.918. The van der Waals surface area contributed by atoms with Crippen LogP contribution in [-0.4, -0.2) is 70.0 Å². The minimum absolute atomic E-state index is 0.0755. The minimum Gasteiger partial charge on any atom is -0.491 e. The van der Waals surface area contributed by atoms with Gasteiger partial charge in [-0.3, -0.25) is 5.10 Å². The molecule has 3 atom stereocenters. The largest absolute Gasteiger partial charge is 0.491 e. The third-order valence-electron chi connectivity index (χ3n) is 8.95. The van der Waals surface area contributed by atoms with E-state index in [1.807, 2.05) is 62.4 Å². The number of rotatable bonds is 9. The molecule has 0 saturated carbocycles. The summed E-state index contributed by atoms with van der Waals surface area (Å²) < 4.78 is 21.6. The van der Waals surface area contributed by atoms with Crippen molar-refractivity contribution in [2.75, 3.05) is 49.2 Å². The Hall–Kier alpha value is -4.61. The number of H-pyrrole nitrogens is 1. The van der Waals surface area contributed by atoms with Crippen LogP contribution in [0.5, 0.6) is 5.75 Å². The Morgan fingerprint density at radius 2 is 1.60 bits per heavy atom. The molecule has 1 N–H and O–H groups in total. The molecule has 2 aliphatic heterocycles. The summed E-state index contributed by atoms with van der Waals surface area (Å²) in [5, 5.41) is 12.8. The lowest BCUT2D eigenvalue weighted by Gasteiger charge is -2.37. The summed E-state index contributed by atoms with van der Waals surface area (Å²) in [6.45, 7) is 10.4. The average Bonchev–Trinajstić information content (AvgIpc) is 3.81. The van der Waals surface area contributed by atoms with Crippen LogP contribution in [0.3, 0.4) is 0 Å². The molecule has 0 amide bonds. The summed E-state index contributed by atoms with van der Waals surface area (Å²) in [7, 11) is 0. The highest BCUT2D eigenvalue weighted by molar-refractivity contribution is 5.81. The number of ether oxygens (including phenoxy) is 3. The van der Waals surface area contributed by atoms with E-state index in [1.165, 1.54) is 5.69 Å². The lowest BCUT2D eigenvalue weighted by molar-refractivity contribution is -0.166. The molecule has 4 heterocycles. The van der Waals surface area contributed by atoms with Crippen molar-refractivity contribution in [1.82, 2.24) is 24.5 Å². The number of para-hydroxylation sites is 1. The topological polar surface area (TPSA) is 103 Å². The molecule has 0 aliphatic carbocycles. The van der Waals surface area contributed by atoms with Crippen LogP contribution in [0, 0.1) is 0 Å². The van der Waals surface area contributed by atoms with E-state index in [9.17, 15) is 4.79 Å². The van der Waals surface area contributed by atoms with Crippen molar-refractivity contribution in [1.29, 1.82) is 0 Å². The molecule has 0 spiro atoms. The van der Waals surface area contributed by atoms with Crippen molar-refractivity contribution in [3.63, 3.8) is 0 Å². The fraction of sp³-hybridized carbons (Fsp3) is 0.382. The molecule has 2 aliphatic rings. The zero-order valence-corrected chi connectivity index (χ0v) is 25.9. The SMILES string of the molecule is CCC(C)n1ncn(-c2ccc(N3CCN(c4ccc(OC[C@@H]5CO[C@@](C)(c6n[nH]c7ccccc67)O5)cc4)CC3)cc2)c1=O. The van der Waals surface area contributed by atoms with E-state index in [2.05, 4.69) is 56.3 Å². The van der Waals surface area contributed by atoms with Crippen LogP contribution in [0.1, 0.15) is 38.9 Å². The third kappa shape index (κ3) is 5.69. The predicted molar refractivity (Wildman–Crippen MR) is 173 cm³/mol. The third-order valence-corrected chi connectivity index (χ3v) is 8.95. The molecule has 11 nitrogen and oxygen atoms in total. The Morgan fingerprint density at radius 3 is 2.29 bits per heavy atom. The number of aromatic nitrogens is 5. The predicted octanol–water partition coefficient (Wildman–Crippen LogP) is 4.88. The van der Waals surface area contributed by atoms with E-state index in [0.29, 0.717) is 13.2 Å². The fourth-order valence-electron chi connectivity index (χ4n) is 6.11. The summed E-state index contributed by atoms with van der Waals surface area (Å²) in [6, 6.07) is 24.5. The Bertz CT molecular complexity index is 1800. The van der Waals surface area contributed by atoms with Gasteiger partial charge < -0.3 is 24.0 Å².